The van der Waals surface area contributed by atoms with Crippen molar-refractivity contribution in [3.05, 3.63) is 39.5 Å². The van der Waals surface area contributed by atoms with E-state index in [0.717, 1.165) is 28.6 Å². The van der Waals surface area contributed by atoms with Crippen LogP contribution in [0.5, 0.6) is 0 Å². The SMILES string of the molecule is CCc1nn(C)c(CC(NC)c2ccc(Cl)o2)c1Cl. The Morgan fingerprint density at radius 3 is 2.63 bits per heavy atom. The normalized spacial score (nSPS) is 12.9. The molecule has 2 aromatic heterocycles. The van der Waals surface area contributed by atoms with E-state index in [2.05, 4.69) is 10.4 Å². The van der Waals surface area contributed by atoms with E-state index in [1.807, 2.05) is 31.8 Å². The van der Waals surface area contributed by atoms with Crippen LogP contribution in [0.3, 0.4) is 0 Å². The predicted octanol–water partition coefficient (Wildman–Crippen LogP) is 3.39. The highest BCUT2D eigenvalue weighted by molar-refractivity contribution is 6.31. The van der Waals surface area contributed by atoms with Crippen LogP contribution in [0, 0.1) is 0 Å². The molecule has 2 aromatic rings. The molecule has 6 heteroatoms. The van der Waals surface area contributed by atoms with Gasteiger partial charge in [-0.2, -0.15) is 5.10 Å². The van der Waals surface area contributed by atoms with Crippen molar-refractivity contribution >= 4 is 23.2 Å². The summed E-state index contributed by atoms with van der Waals surface area (Å²) >= 11 is 12.2. The smallest absolute Gasteiger partial charge is 0.193 e. The second-order valence-corrected chi connectivity index (χ2v) is 5.12. The topological polar surface area (TPSA) is 43.0 Å². The number of furan rings is 1. The largest absolute Gasteiger partial charge is 0.448 e. The highest BCUT2D eigenvalue weighted by Crippen LogP contribution is 2.27. The van der Waals surface area contributed by atoms with E-state index in [0.29, 0.717) is 11.6 Å². The molecular formula is C13H17Cl2N3O. The monoisotopic (exact) mass is 301 g/mol. The Bertz CT molecular complexity index is 562. The molecule has 1 atom stereocenters. The van der Waals surface area contributed by atoms with Crippen LogP contribution in [0.15, 0.2) is 16.5 Å². The maximum Gasteiger partial charge on any atom is 0.193 e. The third kappa shape index (κ3) is 2.96. The number of nitrogens with one attached hydrogen (secondary N) is 1. The van der Waals surface area contributed by atoms with Crippen LogP contribution in [0.25, 0.3) is 0 Å². The molecular weight excluding hydrogens is 285 g/mol. The Labute approximate surface area is 122 Å². The lowest BCUT2D eigenvalue weighted by molar-refractivity contribution is 0.424. The minimum atomic E-state index is 0.0186. The van der Waals surface area contributed by atoms with Gasteiger partial charge in [0, 0.05) is 13.5 Å². The van der Waals surface area contributed by atoms with Crippen molar-refractivity contribution in [1.82, 2.24) is 15.1 Å². The van der Waals surface area contributed by atoms with E-state index in [-0.39, 0.29) is 6.04 Å². The van der Waals surface area contributed by atoms with Crippen LogP contribution in [0.1, 0.15) is 30.1 Å². The minimum Gasteiger partial charge on any atom is -0.448 e. The lowest BCUT2D eigenvalue weighted by Gasteiger charge is -2.14. The van der Waals surface area contributed by atoms with Crippen LogP contribution in [0.4, 0.5) is 0 Å². The van der Waals surface area contributed by atoms with Crippen LogP contribution in [0.2, 0.25) is 10.2 Å². The van der Waals surface area contributed by atoms with E-state index >= 15 is 0 Å². The number of hydrogen-bond donors (Lipinski definition) is 1. The molecule has 0 saturated carbocycles. The first kappa shape index (κ1) is 14.4. The fraction of sp³-hybridized carbons (Fsp3) is 0.462. The van der Waals surface area contributed by atoms with Crippen molar-refractivity contribution in [3.8, 4) is 0 Å². The number of aromatic nitrogens is 2. The number of aryl methyl sites for hydroxylation is 2. The molecule has 0 aliphatic rings. The molecule has 0 saturated heterocycles. The molecule has 1 unspecified atom stereocenters. The lowest BCUT2D eigenvalue weighted by Crippen LogP contribution is -2.19. The van der Waals surface area contributed by atoms with Gasteiger partial charge in [-0.3, -0.25) is 4.68 Å². The van der Waals surface area contributed by atoms with Crippen molar-refractivity contribution in [2.24, 2.45) is 7.05 Å². The van der Waals surface area contributed by atoms with Gasteiger partial charge in [-0.25, -0.2) is 0 Å². The first-order valence-corrected chi connectivity index (χ1v) is 6.95. The van der Waals surface area contributed by atoms with Crippen molar-refractivity contribution in [1.29, 1.82) is 0 Å². The molecule has 0 spiro atoms. The number of rotatable bonds is 5. The third-order valence-corrected chi connectivity index (χ3v) is 3.83. The predicted molar refractivity (Wildman–Crippen MR) is 76.8 cm³/mol. The summed E-state index contributed by atoms with van der Waals surface area (Å²) in [5.41, 5.74) is 1.91. The van der Waals surface area contributed by atoms with Crippen LogP contribution in [-0.4, -0.2) is 16.8 Å². The lowest BCUT2D eigenvalue weighted by atomic mass is 10.1. The average Bonchev–Trinajstić information content (AvgIpc) is 2.92. The van der Waals surface area contributed by atoms with Crippen molar-refractivity contribution in [2.75, 3.05) is 7.05 Å². The second kappa shape index (κ2) is 5.99. The fourth-order valence-corrected chi connectivity index (χ4v) is 2.62. The number of hydrogen-bond acceptors (Lipinski definition) is 3. The maximum absolute atomic E-state index is 6.36. The third-order valence-electron chi connectivity index (χ3n) is 3.19. The van der Waals surface area contributed by atoms with Gasteiger partial charge in [0.25, 0.3) is 0 Å². The molecule has 2 heterocycles. The summed E-state index contributed by atoms with van der Waals surface area (Å²) in [5, 5.41) is 8.75. The molecule has 0 radical (unpaired) electrons. The van der Waals surface area contributed by atoms with E-state index < -0.39 is 0 Å². The quantitative estimate of drug-likeness (QED) is 0.920. The summed E-state index contributed by atoms with van der Waals surface area (Å²) in [6.07, 6.45) is 1.52. The summed E-state index contributed by atoms with van der Waals surface area (Å²) in [6.45, 7) is 2.04. The van der Waals surface area contributed by atoms with E-state index in [9.17, 15) is 0 Å². The highest BCUT2D eigenvalue weighted by Gasteiger charge is 2.20. The van der Waals surface area contributed by atoms with Gasteiger partial charge in [0.05, 0.1) is 22.5 Å². The summed E-state index contributed by atoms with van der Waals surface area (Å²) < 4.78 is 7.28. The fourth-order valence-electron chi connectivity index (χ4n) is 2.10. The number of likely N-dealkylation sites (N-methyl/N-ethyl adjacent to an activating group) is 1. The molecule has 4 nitrogen and oxygen atoms in total. The zero-order valence-corrected chi connectivity index (χ0v) is 12.7. The van der Waals surface area contributed by atoms with Gasteiger partial charge in [0.15, 0.2) is 5.22 Å². The standard InChI is InChI=1S/C13H17Cl2N3O/c1-4-8-13(15)10(18(3)17-8)7-9(16-2)11-5-6-12(14)19-11/h5-6,9,16H,4,7H2,1-3H3. The molecule has 104 valence electrons. The molecule has 0 aromatic carbocycles. The Kier molecular flexibility index (Phi) is 4.55. The Morgan fingerprint density at radius 1 is 1.42 bits per heavy atom. The van der Waals surface area contributed by atoms with E-state index in [1.165, 1.54) is 0 Å². The van der Waals surface area contributed by atoms with Gasteiger partial charge < -0.3 is 9.73 Å². The van der Waals surface area contributed by atoms with Crippen molar-refractivity contribution < 1.29 is 4.42 Å². The maximum atomic E-state index is 6.36. The number of halogens is 2. The van der Waals surface area contributed by atoms with Crippen LogP contribution < -0.4 is 5.32 Å². The van der Waals surface area contributed by atoms with E-state index in [4.69, 9.17) is 27.6 Å². The van der Waals surface area contributed by atoms with Gasteiger partial charge >= 0.3 is 0 Å². The minimum absolute atomic E-state index is 0.0186. The zero-order valence-electron chi connectivity index (χ0n) is 11.2. The molecule has 0 bridgehead atoms. The Hall–Kier alpha value is -0.970. The van der Waals surface area contributed by atoms with Crippen LogP contribution in [-0.2, 0) is 19.9 Å². The zero-order chi connectivity index (χ0) is 14.0. The summed E-state index contributed by atoms with van der Waals surface area (Å²) in [7, 11) is 3.79. The summed E-state index contributed by atoms with van der Waals surface area (Å²) in [6, 6.07) is 3.63. The highest BCUT2D eigenvalue weighted by atomic mass is 35.5. The molecule has 2 rings (SSSR count). The van der Waals surface area contributed by atoms with Crippen molar-refractivity contribution in [2.45, 2.75) is 25.8 Å². The van der Waals surface area contributed by atoms with Crippen molar-refractivity contribution in [3.63, 3.8) is 0 Å². The molecule has 0 aliphatic heterocycles. The van der Waals surface area contributed by atoms with E-state index in [1.54, 1.807) is 6.07 Å². The molecule has 19 heavy (non-hydrogen) atoms. The molecule has 0 fully saturated rings. The number of nitrogens with zero attached hydrogens (tertiary/aromatic N) is 2. The molecule has 1 N–H and O–H groups in total. The molecule has 0 aliphatic carbocycles. The molecule has 0 amide bonds. The first-order valence-electron chi connectivity index (χ1n) is 6.19. The average molecular weight is 302 g/mol. The van der Waals surface area contributed by atoms with Gasteiger partial charge in [0.1, 0.15) is 5.76 Å². The Morgan fingerprint density at radius 2 is 2.16 bits per heavy atom. The van der Waals surface area contributed by atoms with Gasteiger partial charge in [-0.1, -0.05) is 18.5 Å². The van der Waals surface area contributed by atoms with Gasteiger partial charge in [-0.05, 0) is 37.2 Å². The Balaban J connectivity index is 2.26. The first-order chi connectivity index (χ1) is 9.06. The van der Waals surface area contributed by atoms with Gasteiger partial charge in [0.2, 0.25) is 0 Å². The van der Waals surface area contributed by atoms with Gasteiger partial charge in [-0.15, -0.1) is 0 Å². The second-order valence-electron chi connectivity index (χ2n) is 4.37. The summed E-state index contributed by atoms with van der Waals surface area (Å²) in [4.78, 5) is 0. The van der Waals surface area contributed by atoms with Crippen LogP contribution >= 0.6 is 23.2 Å². The summed E-state index contributed by atoms with van der Waals surface area (Å²) in [5.74, 6) is 0.794.